The fourth-order valence-electron chi connectivity index (χ4n) is 2.26. The number of hydrogen-bond donors (Lipinski definition) is 1. The molecule has 0 unspecified atom stereocenters. The number of allylic oxidation sites excluding steroid dienone is 2. The first-order valence-electron chi connectivity index (χ1n) is 6.36. The van der Waals surface area contributed by atoms with Gasteiger partial charge in [-0.2, -0.15) is 0 Å². The molecule has 1 aliphatic carbocycles. The molecule has 1 aromatic rings. The first kappa shape index (κ1) is 13.3. The zero-order chi connectivity index (χ0) is 13.0. The summed E-state index contributed by atoms with van der Waals surface area (Å²) in [5.41, 5.74) is 1.12. The molecule has 0 saturated heterocycles. The van der Waals surface area contributed by atoms with E-state index in [0.29, 0.717) is 12.3 Å². The molecule has 0 bridgehead atoms. The standard InChI is InChI=1S/C15H18BrNO/c1-11(13-7-4-8-14(16)10-13)17-15(18)9-12-5-2-3-6-12/h2,4-5,7-8,10-12H,3,6,9H2,1H3,(H,17,18)/t11-,12+/m1/s1. The Balaban J connectivity index is 1.88. The molecule has 2 rings (SSSR count). The van der Waals surface area contributed by atoms with Crippen molar-refractivity contribution in [2.75, 3.05) is 0 Å². The highest BCUT2D eigenvalue weighted by Crippen LogP contribution is 2.21. The Labute approximate surface area is 117 Å². The Morgan fingerprint density at radius 2 is 2.39 bits per heavy atom. The van der Waals surface area contributed by atoms with E-state index in [1.165, 1.54) is 0 Å². The van der Waals surface area contributed by atoms with Gasteiger partial charge in [0.2, 0.25) is 5.91 Å². The highest BCUT2D eigenvalue weighted by Gasteiger charge is 2.16. The third kappa shape index (κ3) is 3.70. The third-order valence-corrected chi connectivity index (χ3v) is 3.78. The minimum atomic E-state index is 0.0559. The van der Waals surface area contributed by atoms with E-state index in [0.717, 1.165) is 22.9 Å². The van der Waals surface area contributed by atoms with Crippen LogP contribution in [0.25, 0.3) is 0 Å². The lowest BCUT2D eigenvalue weighted by Gasteiger charge is -2.16. The number of hydrogen-bond acceptors (Lipinski definition) is 1. The summed E-state index contributed by atoms with van der Waals surface area (Å²) in [5.74, 6) is 0.568. The van der Waals surface area contributed by atoms with Gasteiger partial charge in [0.15, 0.2) is 0 Å². The van der Waals surface area contributed by atoms with Crippen LogP contribution < -0.4 is 5.32 Å². The summed E-state index contributed by atoms with van der Waals surface area (Å²) in [5, 5.41) is 3.06. The van der Waals surface area contributed by atoms with Crippen LogP contribution in [0.1, 0.15) is 37.8 Å². The number of rotatable bonds is 4. The Hall–Kier alpha value is -1.09. The molecule has 2 nitrogen and oxygen atoms in total. The van der Waals surface area contributed by atoms with Crippen LogP contribution in [-0.2, 0) is 4.79 Å². The van der Waals surface area contributed by atoms with E-state index < -0.39 is 0 Å². The van der Waals surface area contributed by atoms with Crippen LogP contribution in [0.5, 0.6) is 0 Å². The van der Waals surface area contributed by atoms with Crippen molar-refractivity contribution in [3.05, 3.63) is 46.5 Å². The summed E-state index contributed by atoms with van der Waals surface area (Å²) >= 11 is 3.45. The van der Waals surface area contributed by atoms with Gasteiger partial charge in [-0.15, -0.1) is 0 Å². The van der Waals surface area contributed by atoms with Crippen molar-refractivity contribution in [2.24, 2.45) is 5.92 Å². The summed E-state index contributed by atoms with van der Waals surface area (Å²) in [6.07, 6.45) is 7.14. The van der Waals surface area contributed by atoms with Crippen molar-refractivity contribution >= 4 is 21.8 Å². The number of carbonyl (C=O) groups is 1. The molecule has 1 aliphatic rings. The molecule has 0 heterocycles. The van der Waals surface area contributed by atoms with Gasteiger partial charge < -0.3 is 5.32 Å². The first-order valence-corrected chi connectivity index (χ1v) is 7.16. The van der Waals surface area contributed by atoms with Crippen LogP contribution in [0.2, 0.25) is 0 Å². The Kier molecular flexibility index (Phi) is 4.59. The van der Waals surface area contributed by atoms with Gasteiger partial charge in [-0.3, -0.25) is 4.79 Å². The van der Waals surface area contributed by atoms with Crippen LogP contribution in [0.15, 0.2) is 40.9 Å². The average molecular weight is 308 g/mol. The smallest absolute Gasteiger partial charge is 0.221 e. The van der Waals surface area contributed by atoms with Gasteiger partial charge >= 0.3 is 0 Å². The lowest BCUT2D eigenvalue weighted by molar-refractivity contribution is -0.122. The molecule has 0 radical (unpaired) electrons. The summed E-state index contributed by atoms with van der Waals surface area (Å²) < 4.78 is 1.04. The molecule has 2 atom stereocenters. The predicted octanol–water partition coefficient (Wildman–Crippen LogP) is 3.98. The summed E-state index contributed by atoms with van der Waals surface area (Å²) in [7, 11) is 0. The molecule has 0 aliphatic heterocycles. The number of benzene rings is 1. The highest BCUT2D eigenvalue weighted by atomic mass is 79.9. The van der Waals surface area contributed by atoms with Crippen molar-refractivity contribution in [1.29, 1.82) is 0 Å². The van der Waals surface area contributed by atoms with Crippen molar-refractivity contribution < 1.29 is 4.79 Å². The van der Waals surface area contributed by atoms with Crippen molar-refractivity contribution in [1.82, 2.24) is 5.32 Å². The first-order chi connectivity index (χ1) is 8.65. The molecule has 1 amide bonds. The maximum Gasteiger partial charge on any atom is 0.221 e. The third-order valence-electron chi connectivity index (χ3n) is 3.29. The molecular formula is C15H18BrNO. The lowest BCUT2D eigenvalue weighted by atomic mass is 10.0. The number of nitrogens with one attached hydrogen (secondary N) is 1. The van der Waals surface area contributed by atoms with E-state index in [9.17, 15) is 4.79 Å². The second-order valence-corrected chi connectivity index (χ2v) is 5.73. The average Bonchev–Trinajstić information content (AvgIpc) is 2.81. The molecule has 1 N–H and O–H groups in total. The largest absolute Gasteiger partial charge is 0.350 e. The van der Waals surface area contributed by atoms with E-state index in [1.807, 2.05) is 31.2 Å². The zero-order valence-electron chi connectivity index (χ0n) is 10.5. The molecule has 18 heavy (non-hydrogen) atoms. The number of carbonyl (C=O) groups excluding carboxylic acids is 1. The number of halogens is 1. The topological polar surface area (TPSA) is 29.1 Å². The molecule has 0 spiro atoms. The fraction of sp³-hybridized carbons (Fsp3) is 0.400. The highest BCUT2D eigenvalue weighted by molar-refractivity contribution is 9.10. The Bertz CT molecular complexity index is 456. The van der Waals surface area contributed by atoms with Gasteiger partial charge in [0.05, 0.1) is 6.04 Å². The second kappa shape index (κ2) is 6.19. The molecule has 1 aromatic carbocycles. The maximum absolute atomic E-state index is 11.9. The van der Waals surface area contributed by atoms with Crippen LogP contribution in [0.4, 0.5) is 0 Å². The SMILES string of the molecule is C[C@@H](NC(=O)C[C@H]1C=CCC1)c1cccc(Br)c1. The van der Waals surface area contributed by atoms with Crippen molar-refractivity contribution in [3.63, 3.8) is 0 Å². The van der Waals surface area contributed by atoms with Crippen LogP contribution in [-0.4, -0.2) is 5.91 Å². The maximum atomic E-state index is 11.9. The van der Waals surface area contributed by atoms with E-state index in [2.05, 4.69) is 33.4 Å². The number of amides is 1. The molecule has 0 fully saturated rings. The molecular weight excluding hydrogens is 290 g/mol. The quantitative estimate of drug-likeness (QED) is 0.838. The van der Waals surface area contributed by atoms with Crippen LogP contribution in [0, 0.1) is 5.92 Å². The van der Waals surface area contributed by atoms with Crippen molar-refractivity contribution in [2.45, 2.75) is 32.2 Å². The van der Waals surface area contributed by atoms with Gasteiger partial charge in [-0.1, -0.05) is 40.2 Å². The van der Waals surface area contributed by atoms with E-state index in [4.69, 9.17) is 0 Å². The van der Waals surface area contributed by atoms with E-state index >= 15 is 0 Å². The van der Waals surface area contributed by atoms with E-state index in [-0.39, 0.29) is 11.9 Å². The summed E-state index contributed by atoms with van der Waals surface area (Å²) in [6, 6.07) is 8.11. The minimum Gasteiger partial charge on any atom is -0.350 e. The van der Waals surface area contributed by atoms with Gasteiger partial charge in [0, 0.05) is 10.9 Å². The second-order valence-electron chi connectivity index (χ2n) is 4.81. The van der Waals surface area contributed by atoms with Gasteiger partial charge in [-0.25, -0.2) is 0 Å². The monoisotopic (exact) mass is 307 g/mol. The predicted molar refractivity (Wildman–Crippen MR) is 77.2 cm³/mol. The Morgan fingerprint density at radius 1 is 1.56 bits per heavy atom. The molecule has 0 saturated carbocycles. The molecule has 96 valence electrons. The summed E-state index contributed by atoms with van der Waals surface area (Å²) in [4.78, 5) is 11.9. The minimum absolute atomic E-state index is 0.0559. The van der Waals surface area contributed by atoms with Crippen molar-refractivity contribution in [3.8, 4) is 0 Å². The summed E-state index contributed by atoms with van der Waals surface area (Å²) in [6.45, 7) is 2.02. The molecule has 3 heteroatoms. The lowest BCUT2D eigenvalue weighted by Crippen LogP contribution is -2.27. The normalized spacial score (nSPS) is 19.8. The van der Waals surface area contributed by atoms with E-state index in [1.54, 1.807) is 0 Å². The van der Waals surface area contributed by atoms with Crippen LogP contribution in [0.3, 0.4) is 0 Å². The molecule has 0 aromatic heterocycles. The van der Waals surface area contributed by atoms with Gasteiger partial charge in [0.1, 0.15) is 0 Å². The van der Waals surface area contributed by atoms with Crippen LogP contribution >= 0.6 is 15.9 Å². The van der Waals surface area contributed by atoms with Gasteiger partial charge in [0.25, 0.3) is 0 Å². The van der Waals surface area contributed by atoms with Gasteiger partial charge in [-0.05, 0) is 43.4 Å². The fourth-order valence-corrected chi connectivity index (χ4v) is 2.68. The Morgan fingerprint density at radius 3 is 3.06 bits per heavy atom. The zero-order valence-corrected chi connectivity index (χ0v) is 12.1.